The van der Waals surface area contributed by atoms with Gasteiger partial charge in [0.15, 0.2) is 17.1 Å². The molecule has 0 aromatic carbocycles. The molecule has 0 aliphatic heterocycles. The number of H-pyrrole nitrogens is 1. The third-order valence-electron chi connectivity index (χ3n) is 1.36. The number of aromatic nitrogens is 3. The van der Waals surface area contributed by atoms with Crippen molar-refractivity contribution in [1.29, 1.82) is 0 Å². The summed E-state index contributed by atoms with van der Waals surface area (Å²) >= 11 is 1.48. The third kappa shape index (κ3) is 1.14. The molecule has 0 atom stereocenters. The number of carbonyl (C=O) groups is 1. The molecule has 2 aromatic rings. The van der Waals surface area contributed by atoms with Crippen molar-refractivity contribution in [2.24, 2.45) is 0 Å². The van der Waals surface area contributed by atoms with Crippen LogP contribution in [-0.2, 0) is 0 Å². The van der Waals surface area contributed by atoms with Crippen LogP contribution in [0.1, 0.15) is 10.5 Å². The lowest BCUT2D eigenvalue weighted by molar-refractivity contribution is 0.111. The summed E-state index contributed by atoms with van der Waals surface area (Å²) in [6.07, 6.45) is 3.91. The topological polar surface area (TPSA) is 58.6 Å². The van der Waals surface area contributed by atoms with Crippen molar-refractivity contribution in [1.82, 2.24) is 15.0 Å². The standard InChI is InChI=1S/C7H5N3OS/c11-4-5-3-9-6(10-5)7-8-1-2-12-7/h1-4H,(H,9,10). The van der Waals surface area contributed by atoms with Crippen LogP contribution in [0.3, 0.4) is 0 Å². The average Bonchev–Trinajstić information content (AvgIpc) is 2.75. The first-order valence-corrected chi connectivity index (χ1v) is 4.18. The van der Waals surface area contributed by atoms with Gasteiger partial charge in [-0.25, -0.2) is 9.97 Å². The highest BCUT2D eigenvalue weighted by atomic mass is 32.1. The lowest BCUT2D eigenvalue weighted by atomic mass is 10.5. The lowest BCUT2D eigenvalue weighted by Gasteiger charge is -1.84. The van der Waals surface area contributed by atoms with E-state index in [-0.39, 0.29) is 0 Å². The predicted molar refractivity (Wildman–Crippen MR) is 45.1 cm³/mol. The van der Waals surface area contributed by atoms with Crippen LogP contribution in [0.4, 0.5) is 0 Å². The summed E-state index contributed by atoms with van der Waals surface area (Å²) in [5, 5.41) is 2.65. The second kappa shape index (κ2) is 2.86. The molecule has 1 N–H and O–H groups in total. The van der Waals surface area contributed by atoms with Gasteiger partial charge in [0.05, 0.1) is 11.9 Å². The minimum absolute atomic E-state index is 0.472. The first-order valence-electron chi connectivity index (χ1n) is 3.30. The molecule has 2 heterocycles. The normalized spacial score (nSPS) is 10.0. The highest BCUT2D eigenvalue weighted by Crippen LogP contribution is 2.17. The Morgan fingerprint density at radius 3 is 3.00 bits per heavy atom. The zero-order valence-electron chi connectivity index (χ0n) is 6.02. The van der Waals surface area contributed by atoms with E-state index in [0.717, 1.165) is 11.3 Å². The average molecular weight is 179 g/mol. The highest BCUT2D eigenvalue weighted by Gasteiger charge is 2.03. The summed E-state index contributed by atoms with van der Waals surface area (Å²) in [5.41, 5.74) is 0.472. The van der Waals surface area contributed by atoms with E-state index < -0.39 is 0 Å². The van der Waals surface area contributed by atoms with E-state index in [1.807, 2.05) is 5.38 Å². The van der Waals surface area contributed by atoms with E-state index in [1.54, 1.807) is 6.20 Å². The first kappa shape index (κ1) is 7.17. The molecule has 0 saturated carbocycles. The fourth-order valence-corrected chi connectivity index (χ4v) is 1.43. The Bertz CT molecular complexity index is 379. The van der Waals surface area contributed by atoms with Crippen LogP contribution < -0.4 is 0 Å². The van der Waals surface area contributed by atoms with E-state index in [4.69, 9.17) is 0 Å². The fraction of sp³-hybridized carbons (Fsp3) is 0. The molecule has 0 fully saturated rings. The number of rotatable bonds is 2. The second-order valence-corrected chi connectivity index (χ2v) is 3.04. The van der Waals surface area contributed by atoms with Gasteiger partial charge in [-0.2, -0.15) is 0 Å². The minimum Gasteiger partial charge on any atom is -0.334 e. The van der Waals surface area contributed by atoms with E-state index in [9.17, 15) is 4.79 Å². The summed E-state index contributed by atoms with van der Waals surface area (Å²) in [5.74, 6) is 0.645. The molecular weight excluding hydrogens is 174 g/mol. The van der Waals surface area contributed by atoms with Crippen LogP contribution >= 0.6 is 11.3 Å². The van der Waals surface area contributed by atoms with Crippen molar-refractivity contribution >= 4 is 17.6 Å². The molecule has 0 radical (unpaired) electrons. The summed E-state index contributed by atoms with van der Waals surface area (Å²) < 4.78 is 0. The monoisotopic (exact) mass is 179 g/mol. The maximum absolute atomic E-state index is 10.3. The molecule has 0 aliphatic rings. The Kier molecular flexibility index (Phi) is 1.71. The summed E-state index contributed by atoms with van der Waals surface area (Å²) in [6, 6.07) is 0. The maximum Gasteiger partial charge on any atom is 0.167 e. The number of hydrogen-bond acceptors (Lipinski definition) is 4. The molecule has 0 aliphatic carbocycles. The summed E-state index contributed by atoms with van der Waals surface area (Å²) in [4.78, 5) is 21.2. The number of aldehydes is 1. The molecular formula is C7H5N3OS. The number of hydrogen-bond donors (Lipinski definition) is 1. The first-order chi connectivity index (χ1) is 5.90. The summed E-state index contributed by atoms with van der Waals surface area (Å²) in [6.45, 7) is 0. The van der Waals surface area contributed by atoms with Gasteiger partial charge in [0, 0.05) is 11.6 Å². The number of nitrogens with one attached hydrogen (secondary N) is 1. The Balaban J connectivity index is 2.41. The van der Waals surface area contributed by atoms with Crippen molar-refractivity contribution < 1.29 is 4.79 Å². The van der Waals surface area contributed by atoms with Crippen molar-refractivity contribution in [2.75, 3.05) is 0 Å². The van der Waals surface area contributed by atoms with Gasteiger partial charge in [-0.05, 0) is 0 Å². The van der Waals surface area contributed by atoms with Gasteiger partial charge in [-0.1, -0.05) is 0 Å². The number of thiazole rings is 1. The number of nitrogens with zero attached hydrogens (tertiary/aromatic N) is 2. The Hall–Kier alpha value is -1.49. The van der Waals surface area contributed by atoms with Gasteiger partial charge in [0.1, 0.15) is 0 Å². The van der Waals surface area contributed by atoms with Crippen LogP contribution in [0, 0.1) is 0 Å². The molecule has 0 saturated heterocycles. The maximum atomic E-state index is 10.3. The SMILES string of the molecule is O=Cc1cnc(-c2nccs2)[nH]1. The molecule has 0 bridgehead atoms. The Labute approximate surface area is 72.3 Å². The molecule has 0 spiro atoms. The molecule has 0 amide bonds. The smallest absolute Gasteiger partial charge is 0.167 e. The highest BCUT2D eigenvalue weighted by molar-refractivity contribution is 7.12. The third-order valence-corrected chi connectivity index (χ3v) is 2.14. The van der Waals surface area contributed by atoms with Crippen LogP contribution in [0.25, 0.3) is 10.8 Å². The minimum atomic E-state index is 0.472. The van der Waals surface area contributed by atoms with Crippen molar-refractivity contribution in [3.05, 3.63) is 23.5 Å². The van der Waals surface area contributed by atoms with Crippen molar-refractivity contribution in [3.8, 4) is 10.8 Å². The van der Waals surface area contributed by atoms with Gasteiger partial charge in [-0.15, -0.1) is 11.3 Å². The molecule has 4 nitrogen and oxygen atoms in total. The van der Waals surface area contributed by atoms with Gasteiger partial charge < -0.3 is 4.98 Å². The van der Waals surface area contributed by atoms with Crippen LogP contribution in [0.2, 0.25) is 0 Å². The lowest BCUT2D eigenvalue weighted by Crippen LogP contribution is -1.79. The molecule has 2 rings (SSSR count). The summed E-state index contributed by atoms with van der Waals surface area (Å²) in [7, 11) is 0. The Morgan fingerprint density at radius 2 is 2.42 bits per heavy atom. The molecule has 12 heavy (non-hydrogen) atoms. The molecule has 60 valence electrons. The van der Waals surface area contributed by atoms with Crippen LogP contribution in [-0.4, -0.2) is 21.2 Å². The van der Waals surface area contributed by atoms with Crippen LogP contribution in [0.15, 0.2) is 17.8 Å². The fourth-order valence-electron chi connectivity index (χ4n) is 0.844. The molecule has 5 heteroatoms. The van der Waals surface area contributed by atoms with Crippen molar-refractivity contribution in [2.45, 2.75) is 0 Å². The largest absolute Gasteiger partial charge is 0.334 e. The van der Waals surface area contributed by atoms with Crippen LogP contribution in [0.5, 0.6) is 0 Å². The van der Waals surface area contributed by atoms with Gasteiger partial charge in [0.2, 0.25) is 0 Å². The van der Waals surface area contributed by atoms with Gasteiger partial charge in [0.25, 0.3) is 0 Å². The van der Waals surface area contributed by atoms with E-state index in [2.05, 4.69) is 15.0 Å². The van der Waals surface area contributed by atoms with E-state index in [1.165, 1.54) is 17.5 Å². The zero-order valence-corrected chi connectivity index (χ0v) is 6.84. The van der Waals surface area contributed by atoms with E-state index >= 15 is 0 Å². The Morgan fingerprint density at radius 1 is 1.50 bits per heavy atom. The zero-order chi connectivity index (χ0) is 8.39. The quantitative estimate of drug-likeness (QED) is 0.708. The molecule has 0 unspecified atom stereocenters. The van der Waals surface area contributed by atoms with Crippen molar-refractivity contribution in [3.63, 3.8) is 0 Å². The van der Waals surface area contributed by atoms with Gasteiger partial charge >= 0.3 is 0 Å². The number of imidazole rings is 1. The van der Waals surface area contributed by atoms with Gasteiger partial charge in [-0.3, -0.25) is 4.79 Å². The molecule has 2 aromatic heterocycles. The van der Waals surface area contributed by atoms with E-state index in [0.29, 0.717) is 11.5 Å². The second-order valence-electron chi connectivity index (χ2n) is 2.14. The number of aromatic amines is 1. The predicted octanol–water partition coefficient (Wildman–Crippen LogP) is 1.35. The number of carbonyl (C=O) groups excluding carboxylic acids is 1.